The minimum atomic E-state index is 1.09. The molecule has 2 N–H and O–H groups in total. The van der Waals surface area contributed by atoms with E-state index in [1.54, 1.807) is 0 Å². The predicted molar refractivity (Wildman–Crippen MR) is 64.0 cm³/mol. The lowest BCUT2D eigenvalue weighted by atomic mass is 10.1. The zero-order valence-corrected chi connectivity index (χ0v) is 9.50. The summed E-state index contributed by atoms with van der Waals surface area (Å²) < 4.78 is 0. The molecule has 1 rings (SSSR count). The molecule has 0 aliphatic heterocycles. The van der Waals surface area contributed by atoms with Gasteiger partial charge in [-0.25, -0.2) is 0 Å². The molecule has 1 aromatic heterocycles. The number of aromatic nitrogens is 1. The largest absolute Gasteiger partial charge is 0.320 e. The fourth-order valence-electron chi connectivity index (χ4n) is 1.48. The van der Waals surface area contributed by atoms with Gasteiger partial charge in [-0.3, -0.25) is 4.98 Å². The lowest BCUT2D eigenvalue weighted by Gasteiger charge is -2.04. The zero-order valence-electron chi connectivity index (χ0n) is 9.50. The van der Waals surface area contributed by atoms with Crippen molar-refractivity contribution in [1.82, 2.24) is 15.6 Å². The summed E-state index contributed by atoms with van der Waals surface area (Å²) in [6.45, 7) is 3.31. The Bertz CT molecular complexity index is 236. The minimum Gasteiger partial charge on any atom is -0.320 e. The molecule has 0 aliphatic carbocycles. The number of rotatable bonds is 8. The topological polar surface area (TPSA) is 37.0 Å². The molecule has 0 aromatic carbocycles. The van der Waals surface area contributed by atoms with Gasteiger partial charge in [0.25, 0.3) is 0 Å². The molecule has 15 heavy (non-hydrogen) atoms. The summed E-state index contributed by atoms with van der Waals surface area (Å²) in [5.74, 6) is 0. The Morgan fingerprint density at radius 2 is 1.80 bits per heavy atom. The summed E-state index contributed by atoms with van der Waals surface area (Å²) in [5, 5.41) is 6.57. The molecule has 1 aromatic rings. The van der Waals surface area contributed by atoms with Crippen molar-refractivity contribution < 1.29 is 0 Å². The third-order valence-corrected chi connectivity index (χ3v) is 2.35. The van der Waals surface area contributed by atoms with E-state index in [0.29, 0.717) is 0 Å². The molecule has 0 unspecified atom stereocenters. The minimum absolute atomic E-state index is 1.09. The van der Waals surface area contributed by atoms with E-state index in [-0.39, 0.29) is 0 Å². The highest BCUT2D eigenvalue weighted by molar-refractivity contribution is 5.09. The van der Waals surface area contributed by atoms with Crippen molar-refractivity contribution in [1.29, 1.82) is 0 Å². The molecule has 1 heterocycles. The van der Waals surface area contributed by atoms with E-state index in [9.17, 15) is 0 Å². The molecular formula is C12H21N3. The number of aryl methyl sites for hydroxylation is 1. The third-order valence-electron chi connectivity index (χ3n) is 2.35. The number of nitrogens with zero attached hydrogens (tertiary/aromatic N) is 1. The van der Waals surface area contributed by atoms with Gasteiger partial charge in [0.05, 0.1) is 0 Å². The number of nitrogens with one attached hydrogen (secondary N) is 2. The van der Waals surface area contributed by atoms with E-state index < -0.39 is 0 Å². The van der Waals surface area contributed by atoms with E-state index in [1.807, 2.05) is 19.4 Å². The first-order chi connectivity index (χ1) is 7.43. The van der Waals surface area contributed by atoms with Gasteiger partial charge >= 0.3 is 0 Å². The standard InChI is InChI=1S/C12H21N3/c1-13-7-3-9-14-8-2-4-12-5-10-15-11-6-12/h5-6,10-11,13-14H,2-4,7-9H2,1H3. The highest BCUT2D eigenvalue weighted by atomic mass is 14.9. The van der Waals surface area contributed by atoms with Crippen molar-refractivity contribution >= 4 is 0 Å². The summed E-state index contributed by atoms with van der Waals surface area (Å²) in [6.07, 6.45) is 7.25. The van der Waals surface area contributed by atoms with Crippen LogP contribution in [0.1, 0.15) is 18.4 Å². The Morgan fingerprint density at radius 1 is 1.07 bits per heavy atom. The van der Waals surface area contributed by atoms with Crippen LogP contribution in [0.3, 0.4) is 0 Å². The predicted octanol–water partition coefficient (Wildman–Crippen LogP) is 1.21. The van der Waals surface area contributed by atoms with Gasteiger partial charge < -0.3 is 10.6 Å². The van der Waals surface area contributed by atoms with Gasteiger partial charge in [-0.2, -0.15) is 0 Å². The van der Waals surface area contributed by atoms with Crippen molar-refractivity contribution in [2.45, 2.75) is 19.3 Å². The van der Waals surface area contributed by atoms with Gasteiger partial charge in [-0.1, -0.05) is 0 Å². The smallest absolute Gasteiger partial charge is 0.0270 e. The van der Waals surface area contributed by atoms with Crippen LogP contribution < -0.4 is 10.6 Å². The van der Waals surface area contributed by atoms with Crippen molar-refractivity contribution in [2.24, 2.45) is 0 Å². The van der Waals surface area contributed by atoms with Gasteiger partial charge in [-0.15, -0.1) is 0 Å². The first-order valence-electron chi connectivity index (χ1n) is 5.67. The van der Waals surface area contributed by atoms with Gasteiger partial charge in [0.15, 0.2) is 0 Å². The SMILES string of the molecule is CNCCCNCCCc1ccncc1. The van der Waals surface area contributed by atoms with Crippen LogP contribution >= 0.6 is 0 Å². The first kappa shape index (κ1) is 12.1. The zero-order chi connectivity index (χ0) is 10.8. The highest BCUT2D eigenvalue weighted by Crippen LogP contribution is 1.99. The summed E-state index contributed by atoms with van der Waals surface area (Å²) in [5.41, 5.74) is 1.38. The lowest BCUT2D eigenvalue weighted by molar-refractivity contribution is 0.606. The maximum absolute atomic E-state index is 4.00. The van der Waals surface area contributed by atoms with Crippen LogP contribution in [0.4, 0.5) is 0 Å². The second-order valence-corrected chi connectivity index (χ2v) is 3.67. The Hall–Kier alpha value is -0.930. The summed E-state index contributed by atoms with van der Waals surface area (Å²) in [4.78, 5) is 4.00. The second kappa shape index (κ2) is 8.38. The molecule has 0 spiro atoms. The van der Waals surface area contributed by atoms with Gasteiger partial charge in [0.1, 0.15) is 0 Å². The molecule has 0 fully saturated rings. The number of hydrogen-bond donors (Lipinski definition) is 2. The van der Waals surface area contributed by atoms with Crippen LogP contribution in [-0.4, -0.2) is 31.7 Å². The fraction of sp³-hybridized carbons (Fsp3) is 0.583. The molecule has 0 bridgehead atoms. The molecule has 0 aliphatic rings. The van der Waals surface area contributed by atoms with Crippen LogP contribution in [0.2, 0.25) is 0 Å². The number of hydrogen-bond acceptors (Lipinski definition) is 3. The van der Waals surface area contributed by atoms with Crippen LogP contribution in [0.5, 0.6) is 0 Å². The van der Waals surface area contributed by atoms with Gasteiger partial charge in [0.2, 0.25) is 0 Å². The molecule has 0 saturated heterocycles. The summed E-state index contributed by atoms with van der Waals surface area (Å²) in [7, 11) is 1.99. The van der Waals surface area contributed by atoms with Gasteiger partial charge in [-0.05, 0) is 63.6 Å². The van der Waals surface area contributed by atoms with Crippen LogP contribution in [0.25, 0.3) is 0 Å². The molecule has 84 valence electrons. The van der Waals surface area contributed by atoms with Crippen molar-refractivity contribution in [3.05, 3.63) is 30.1 Å². The molecule has 3 heteroatoms. The van der Waals surface area contributed by atoms with Crippen LogP contribution in [-0.2, 0) is 6.42 Å². The van der Waals surface area contributed by atoms with Crippen molar-refractivity contribution in [2.75, 3.05) is 26.7 Å². The molecule has 0 amide bonds. The number of pyridine rings is 1. The van der Waals surface area contributed by atoms with E-state index in [1.165, 1.54) is 18.4 Å². The Balaban J connectivity index is 1.93. The van der Waals surface area contributed by atoms with Crippen molar-refractivity contribution in [3.63, 3.8) is 0 Å². The average Bonchev–Trinajstić information content (AvgIpc) is 2.29. The van der Waals surface area contributed by atoms with Crippen LogP contribution in [0.15, 0.2) is 24.5 Å². The first-order valence-corrected chi connectivity index (χ1v) is 5.67. The Morgan fingerprint density at radius 3 is 2.53 bits per heavy atom. The molecule has 0 saturated carbocycles. The normalized spacial score (nSPS) is 10.5. The monoisotopic (exact) mass is 207 g/mol. The van der Waals surface area contributed by atoms with E-state index in [0.717, 1.165) is 26.1 Å². The Kier molecular flexibility index (Phi) is 6.79. The van der Waals surface area contributed by atoms with Gasteiger partial charge in [0, 0.05) is 12.4 Å². The second-order valence-electron chi connectivity index (χ2n) is 3.67. The molecule has 0 radical (unpaired) electrons. The molecule has 3 nitrogen and oxygen atoms in total. The summed E-state index contributed by atoms with van der Waals surface area (Å²) in [6, 6.07) is 4.17. The highest BCUT2D eigenvalue weighted by Gasteiger charge is 1.92. The third kappa shape index (κ3) is 6.20. The maximum Gasteiger partial charge on any atom is 0.0270 e. The van der Waals surface area contributed by atoms with Crippen LogP contribution in [0, 0.1) is 0 Å². The maximum atomic E-state index is 4.00. The average molecular weight is 207 g/mol. The Labute approximate surface area is 92.3 Å². The molecular weight excluding hydrogens is 186 g/mol. The quantitative estimate of drug-likeness (QED) is 0.629. The molecule has 0 atom stereocenters. The van der Waals surface area contributed by atoms with E-state index in [2.05, 4.69) is 27.8 Å². The van der Waals surface area contributed by atoms with E-state index in [4.69, 9.17) is 0 Å². The van der Waals surface area contributed by atoms with Crippen molar-refractivity contribution in [3.8, 4) is 0 Å². The lowest BCUT2D eigenvalue weighted by Crippen LogP contribution is -2.21. The summed E-state index contributed by atoms with van der Waals surface area (Å²) >= 11 is 0. The fourth-order valence-corrected chi connectivity index (χ4v) is 1.48. The van der Waals surface area contributed by atoms with E-state index >= 15 is 0 Å².